The maximum absolute atomic E-state index is 10.6. The topological polar surface area (TPSA) is 35.5 Å². The molecule has 1 atom stereocenters. The molecule has 1 saturated heterocycles. The average molecular weight is 170 g/mol. The Morgan fingerprint density at radius 2 is 2.58 bits per heavy atom. The highest BCUT2D eigenvalue weighted by Crippen LogP contribution is 2.15. The molecule has 0 radical (unpaired) electrons. The maximum atomic E-state index is 10.6. The third kappa shape index (κ3) is 3.05. The van der Waals surface area contributed by atoms with Crippen molar-refractivity contribution in [2.75, 3.05) is 19.8 Å². The van der Waals surface area contributed by atoms with Crippen molar-refractivity contribution in [3.05, 3.63) is 12.7 Å². The van der Waals surface area contributed by atoms with Crippen molar-refractivity contribution < 1.29 is 14.3 Å². The van der Waals surface area contributed by atoms with Gasteiger partial charge in [-0.15, -0.1) is 0 Å². The van der Waals surface area contributed by atoms with Gasteiger partial charge in [0.25, 0.3) is 0 Å². The van der Waals surface area contributed by atoms with Gasteiger partial charge in [0.2, 0.25) is 0 Å². The molecule has 12 heavy (non-hydrogen) atoms. The molecule has 1 heterocycles. The van der Waals surface area contributed by atoms with Crippen LogP contribution < -0.4 is 0 Å². The summed E-state index contributed by atoms with van der Waals surface area (Å²) in [5.41, 5.74) is 0. The highest BCUT2D eigenvalue weighted by atomic mass is 16.5. The van der Waals surface area contributed by atoms with E-state index in [9.17, 15) is 4.79 Å². The van der Waals surface area contributed by atoms with E-state index in [0.29, 0.717) is 12.5 Å². The lowest BCUT2D eigenvalue weighted by atomic mass is 10.1. The molecule has 0 spiro atoms. The molecule has 0 saturated carbocycles. The SMILES string of the molecule is C=CC(=O)OCCC1CCOC1. The third-order valence-corrected chi connectivity index (χ3v) is 1.96. The fourth-order valence-electron chi connectivity index (χ4n) is 1.20. The Balaban J connectivity index is 2.01. The minimum atomic E-state index is -0.339. The minimum Gasteiger partial charge on any atom is -0.463 e. The first kappa shape index (κ1) is 9.26. The average Bonchev–Trinajstić information content (AvgIpc) is 2.57. The summed E-state index contributed by atoms with van der Waals surface area (Å²) in [6.07, 6.45) is 3.18. The van der Waals surface area contributed by atoms with Crippen molar-refractivity contribution in [3.8, 4) is 0 Å². The number of ether oxygens (including phenoxy) is 2. The van der Waals surface area contributed by atoms with Crippen LogP contribution in [0.3, 0.4) is 0 Å². The lowest BCUT2D eigenvalue weighted by Gasteiger charge is -2.06. The molecule has 0 N–H and O–H groups in total. The van der Waals surface area contributed by atoms with E-state index in [1.165, 1.54) is 6.08 Å². The Morgan fingerprint density at radius 3 is 3.17 bits per heavy atom. The van der Waals surface area contributed by atoms with Gasteiger partial charge in [0.1, 0.15) is 0 Å². The van der Waals surface area contributed by atoms with Gasteiger partial charge in [-0.25, -0.2) is 4.79 Å². The molecule has 1 aliphatic heterocycles. The first-order valence-corrected chi connectivity index (χ1v) is 4.20. The van der Waals surface area contributed by atoms with Gasteiger partial charge in [0.05, 0.1) is 6.61 Å². The molecule has 0 bridgehead atoms. The molecule has 1 fully saturated rings. The standard InChI is InChI=1S/C9H14O3/c1-2-9(10)12-6-4-8-3-5-11-7-8/h2,8H,1,3-7H2. The first-order chi connectivity index (χ1) is 5.83. The zero-order valence-corrected chi connectivity index (χ0v) is 7.12. The smallest absolute Gasteiger partial charge is 0.330 e. The fraction of sp³-hybridized carbons (Fsp3) is 0.667. The summed E-state index contributed by atoms with van der Waals surface area (Å²) in [7, 11) is 0. The Hall–Kier alpha value is -0.830. The van der Waals surface area contributed by atoms with Gasteiger partial charge in [0, 0.05) is 19.3 Å². The summed E-state index contributed by atoms with van der Waals surface area (Å²) >= 11 is 0. The maximum Gasteiger partial charge on any atom is 0.330 e. The van der Waals surface area contributed by atoms with Crippen molar-refractivity contribution in [2.45, 2.75) is 12.8 Å². The van der Waals surface area contributed by atoms with Crippen LogP contribution in [-0.2, 0) is 14.3 Å². The van der Waals surface area contributed by atoms with Crippen molar-refractivity contribution in [2.24, 2.45) is 5.92 Å². The van der Waals surface area contributed by atoms with Gasteiger partial charge in [-0.2, -0.15) is 0 Å². The number of rotatable bonds is 4. The summed E-state index contributed by atoms with van der Waals surface area (Å²) in [6, 6.07) is 0. The van der Waals surface area contributed by atoms with E-state index < -0.39 is 0 Å². The summed E-state index contributed by atoms with van der Waals surface area (Å²) in [5, 5.41) is 0. The predicted molar refractivity (Wildman–Crippen MR) is 44.7 cm³/mol. The number of carbonyl (C=O) groups is 1. The van der Waals surface area contributed by atoms with Gasteiger partial charge in [-0.05, 0) is 18.8 Å². The molecule has 0 amide bonds. The molecular formula is C9H14O3. The monoisotopic (exact) mass is 170 g/mol. The third-order valence-electron chi connectivity index (χ3n) is 1.96. The predicted octanol–water partition coefficient (Wildman–Crippen LogP) is 1.14. The van der Waals surface area contributed by atoms with E-state index in [2.05, 4.69) is 6.58 Å². The van der Waals surface area contributed by atoms with Crippen LogP contribution in [0.25, 0.3) is 0 Å². The van der Waals surface area contributed by atoms with Crippen LogP contribution in [0.1, 0.15) is 12.8 Å². The molecule has 1 rings (SSSR count). The molecule has 3 heteroatoms. The molecule has 68 valence electrons. The summed E-state index contributed by atoms with van der Waals surface area (Å²) in [5.74, 6) is 0.233. The van der Waals surface area contributed by atoms with Crippen LogP contribution in [0.15, 0.2) is 12.7 Å². The second-order valence-electron chi connectivity index (χ2n) is 2.89. The second kappa shape index (κ2) is 4.93. The number of hydrogen-bond donors (Lipinski definition) is 0. The normalized spacial score (nSPS) is 22.2. The molecule has 1 unspecified atom stereocenters. The van der Waals surface area contributed by atoms with Crippen LogP contribution in [0.2, 0.25) is 0 Å². The Morgan fingerprint density at radius 1 is 1.75 bits per heavy atom. The first-order valence-electron chi connectivity index (χ1n) is 4.20. The van der Waals surface area contributed by atoms with Crippen LogP contribution in [0, 0.1) is 5.92 Å². The van der Waals surface area contributed by atoms with Gasteiger partial charge in [-0.3, -0.25) is 0 Å². The van der Waals surface area contributed by atoms with E-state index in [0.717, 1.165) is 26.1 Å². The highest BCUT2D eigenvalue weighted by Gasteiger charge is 2.15. The number of esters is 1. The summed E-state index contributed by atoms with van der Waals surface area (Å²) in [4.78, 5) is 10.6. The van der Waals surface area contributed by atoms with E-state index in [-0.39, 0.29) is 5.97 Å². The van der Waals surface area contributed by atoms with Crippen molar-refractivity contribution in [3.63, 3.8) is 0 Å². The zero-order valence-electron chi connectivity index (χ0n) is 7.12. The van der Waals surface area contributed by atoms with Crippen LogP contribution in [-0.4, -0.2) is 25.8 Å². The lowest BCUT2D eigenvalue weighted by molar-refractivity contribution is -0.138. The Labute approximate surface area is 72.4 Å². The molecule has 1 aliphatic rings. The van der Waals surface area contributed by atoms with Gasteiger partial charge in [-0.1, -0.05) is 6.58 Å². The summed E-state index contributed by atoms with van der Waals surface area (Å²) < 4.78 is 10.0. The van der Waals surface area contributed by atoms with E-state index in [4.69, 9.17) is 9.47 Å². The van der Waals surface area contributed by atoms with E-state index in [1.807, 2.05) is 0 Å². The van der Waals surface area contributed by atoms with Crippen LogP contribution >= 0.6 is 0 Å². The molecule has 0 aromatic heterocycles. The van der Waals surface area contributed by atoms with Crippen LogP contribution in [0.4, 0.5) is 0 Å². The van der Waals surface area contributed by atoms with Crippen molar-refractivity contribution in [1.82, 2.24) is 0 Å². The largest absolute Gasteiger partial charge is 0.463 e. The Bertz CT molecular complexity index is 159. The number of carbonyl (C=O) groups excluding carboxylic acids is 1. The van der Waals surface area contributed by atoms with Crippen LogP contribution in [0.5, 0.6) is 0 Å². The van der Waals surface area contributed by atoms with E-state index >= 15 is 0 Å². The highest BCUT2D eigenvalue weighted by molar-refractivity contribution is 5.81. The Kier molecular flexibility index (Phi) is 3.80. The zero-order chi connectivity index (χ0) is 8.81. The number of hydrogen-bond acceptors (Lipinski definition) is 3. The van der Waals surface area contributed by atoms with E-state index in [1.54, 1.807) is 0 Å². The molecule has 3 nitrogen and oxygen atoms in total. The molecule has 0 aromatic carbocycles. The molecular weight excluding hydrogens is 156 g/mol. The second-order valence-corrected chi connectivity index (χ2v) is 2.89. The van der Waals surface area contributed by atoms with Gasteiger partial charge >= 0.3 is 5.97 Å². The van der Waals surface area contributed by atoms with Crippen molar-refractivity contribution in [1.29, 1.82) is 0 Å². The fourth-order valence-corrected chi connectivity index (χ4v) is 1.20. The minimum absolute atomic E-state index is 0.339. The van der Waals surface area contributed by atoms with Gasteiger partial charge < -0.3 is 9.47 Å². The quantitative estimate of drug-likeness (QED) is 0.469. The molecule has 0 aliphatic carbocycles. The van der Waals surface area contributed by atoms with Crippen molar-refractivity contribution >= 4 is 5.97 Å². The van der Waals surface area contributed by atoms with Gasteiger partial charge in [0.15, 0.2) is 0 Å². The summed E-state index contributed by atoms with van der Waals surface area (Å²) in [6.45, 7) is 5.46. The molecule has 0 aromatic rings. The lowest BCUT2D eigenvalue weighted by Crippen LogP contribution is -2.07.